The quantitative estimate of drug-likeness (QED) is 0.507. The number of thiophene rings is 1. The molecule has 0 bridgehead atoms. The summed E-state index contributed by atoms with van der Waals surface area (Å²) < 4.78 is 15.2. The zero-order chi connectivity index (χ0) is 20.7. The number of hydrogen-bond acceptors (Lipinski definition) is 7. The molecule has 1 amide bonds. The Balaban J connectivity index is 1.82. The van der Waals surface area contributed by atoms with Gasteiger partial charge >= 0.3 is 5.97 Å². The fraction of sp³-hybridized carbons (Fsp3) is 0.350. The standard InChI is InChI=1S/C20H23NO6S/c1-12-9-15(13(2)28-12)17(22)6-8-20(24)27-11-19(23)21-16-10-14(25-3)5-7-18(16)26-4/h5,7,9-10H,6,8,11H2,1-4H3,(H,21,23). The molecule has 2 rings (SSSR count). The van der Waals surface area contributed by atoms with E-state index in [0.29, 0.717) is 22.7 Å². The first kappa shape index (κ1) is 21.4. The van der Waals surface area contributed by atoms with Gasteiger partial charge in [-0.2, -0.15) is 0 Å². The molecule has 8 heteroatoms. The first-order valence-corrected chi connectivity index (χ1v) is 9.43. The zero-order valence-corrected chi connectivity index (χ0v) is 17.1. The Morgan fingerprint density at radius 2 is 1.79 bits per heavy atom. The minimum absolute atomic E-state index is 0.0428. The Bertz CT molecular complexity index is 874. The fourth-order valence-corrected chi connectivity index (χ4v) is 3.52. The molecule has 0 saturated carbocycles. The van der Waals surface area contributed by atoms with Gasteiger partial charge in [-0.1, -0.05) is 0 Å². The SMILES string of the molecule is COc1ccc(OC)c(NC(=O)COC(=O)CCC(=O)c2cc(C)sc2C)c1. The van der Waals surface area contributed by atoms with E-state index in [4.69, 9.17) is 14.2 Å². The molecule has 1 heterocycles. The second-order valence-corrected chi connectivity index (χ2v) is 7.49. The monoisotopic (exact) mass is 405 g/mol. The number of carbonyl (C=O) groups excluding carboxylic acids is 3. The predicted octanol–water partition coefficient (Wildman–Crippen LogP) is 3.53. The Morgan fingerprint density at radius 3 is 2.39 bits per heavy atom. The summed E-state index contributed by atoms with van der Waals surface area (Å²) in [7, 11) is 2.99. The molecule has 0 saturated heterocycles. The molecule has 1 aromatic heterocycles. The van der Waals surface area contributed by atoms with E-state index >= 15 is 0 Å². The second kappa shape index (κ2) is 9.89. The number of nitrogens with one attached hydrogen (secondary N) is 1. The third kappa shape index (κ3) is 5.82. The Kier molecular flexibility index (Phi) is 7.57. The van der Waals surface area contributed by atoms with Crippen molar-refractivity contribution in [2.24, 2.45) is 0 Å². The molecule has 7 nitrogen and oxygen atoms in total. The first-order chi connectivity index (χ1) is 13.3. The molecule has 0 atom stereocenters. The van der Waals surface area contributed by atoms with E-state index in [2.05, 4.69) is 5.32 Å². The van der Waals surface area contributed by atoms with Crippen molar-refractivity contribution in [1.29, 1.82) is 0 Å². The number of ketones is 1. The van der Waals surface area contributed by atoms with E-state index in [-0.39, 0.29) is 18.6 Å². The topological polar surface area (TPSA) is 90.9 Å². The van der Waals surface area contributed by atoms with Crippen molar-refractivity contribution in [3.63, 3.8) is 0 Å². The van der Waals surface area contributed by atoms with Crippen molar-refractivity contribution in [3.05, 3.63) is 39.6 Å². The molecule has 0 spiro atoms. The Labute approximate surface area is 167 Å². The minimum Gasteiger partial charge on any atom is -0.497 e. The van der Waals surface area contributed by atoms with E-state index in [1.807, 2.05) is 19.9 Å². The van der Waals surface area contributed by atoms with E-state index in [0.717, 1.165) is 9.75 Å². The van der Waals surface area contributed by atoms with E-state index < -0.39 is 18.5 Å². The average Bonchev–Trinajstić information content (AvgIpc) is 3.02. The third-order valence-electron chi connectivity index (χ3n) is 3.94. The highest BCUT2D eigenvalue weighted by molar-refractivity contribution is 7.12. The van der Waals surface area contributed by atoms with Crippen molar-refractivity contribution >= 4 is 34.7 Å². The van der Waals surface area contributed by atoms with Crippen LogP contribution in [0.4, 0.5) is 5.69 Å². The van der Waals surface area contributed by atoms with Crippen LogP contribution in [0, 0.1) is 13.8 Å². The van der Waals surface area contributed by atoms with Crippen LogP contribution in [0.2, 0.25) is 0 Å². The molecule has 0 unspecified atom stereocenters. The summed E-state index contributed by atoms with van der Waals surface area (Å²) in [5.74, 6) is -0.233. The van der Waals surface area contributed by atoms with Gasteiger partial charge in [0.25, 0.3) is 5.91 Å². The van der Waals surface area contributed by atoms with Gasteiger partial charge in [-0.25, -0.2) is 0 Å². The molecule has 0 aliphatic heterocycles. The van der Waals surface area contributed by atoms with Crippen molar-refractivity contribution < 1.29 is 28.6 Å². The normalized spacial score (nSPS) is 10.3. The number of methoxy groups -OCH3 is 2. The Hall–Kier alpha value is -2.87. The van der Waals surface area contributed by atoms with Gasteiger partial charge in [0.1, 0.15) is 11.5 Å². The molecular formula is C20H23NO6S. The molecule has 150 valence electrons. The van der Waals surface area contributed by atoms with Crippen LogP contribution < -0.4 is 14.8 Å². The van der Waals surface area contributed by atoms with Crippen molar-refractivity contribution in [1.82, 2.24) is 0 Å². The maximum atomic E-state index is 12.2. The molecule has 0 radical (unpaired) electrons. The van der Waals surface area contributed by atoms with Gasteiger partial charge in [-0.3, -0.25) is 14.4 Å². The van der Waals surface area contributed by atoms with Crippen LogP contribution in [0.25, 0.3) is 0 Å². The van der Waals surface area contributed by atoms with Crippen LogP contribution in [0.15, 0.2) is 24.3 Å². The average molecular weight is 405 g/mol. The molecule has 2 aromatic rings. The lowest BCUT2D eigenvalue weighted by molar-refractivity contribution is -0.147. The first-order valence-electron chi connectivity index (χ1n) is 8.61. The highest BCUT2D eigenvalue weighted by atomic mass is 32.1. The van der Waals surface area contributed by atoms with E-state index in [1.165, 1.54) is 14.2 Å². The van der Waals surface area contributed by atoms with Crippen LogP contribution in [0.5, 0.6) is 11.5 Å². The second-order valence-electron chi connectivity index (χ2n) is 6.03. The van der Waals surface area contributed by atoms with Crippen LogP contribution in [0.3, 0.4) is 0 Å². The summed E-state index contributed by atoms with van der Waals surface area (Å²) in [5, 5.41) is 2.61. The van der Waals surface area contributed by atoms with Gasteiger partial charge in [0.2, 0.25) is 0 Å². The predicted molar refractivity (Wildman–Crippen MR) is 106 cm³/mol. The number of aryl methyl sites for hydroxylation is 2. The van der Waals surface area contributed by atoms with Gasteiger partial charge in [0.05, 0.1) is 26.3 Å². The summed E-state index contributed by atoms with van der Waals surface area (Å²) in [6.07, 6.45) is -0.0376. The van der Waals surface area contributed by atoms with Gasteiger partial charge < -0.3 is 19.5 Å². The van der Waals surface area contributed by atoms with E-state index in [1.54, 1.807) is 29.5 Å². The number of amides is 1. The number of Topliss-reactive ketones (excluding diaryl/α,β-unsaturated/α-hetero) is 1. The summed E-state index contributed by atoms with van der Waals surface area (Å²) >= 11 is 1.54. The van der Waals surface area contributed by atoms with Gasteiger partial charge in [-0.05, 0) is 32.0 Å². The summed E-state index contributed by atoms with van der Waals surface area (Å²) in [6.45, 7) is 3.35. The number of benzene rings is 1. The molecule has 1 aromatic carbocycles. The number of rotatable bonds is 9. The van der Waals surface area contributed by atoms with Crippen LogP contribution in [0.1, 0.15) is 33.0 Å². The lowest BCUT2D eigenvalue weighted by Crippen LogP contribution is -2.21. The summed E-state index contributed by atoms with van der Waals surface area (Å²) in [4.78, 5) is 38.1. The number of ether oxygens (including phenoxy) is 3. The number of anilines is 1. The maximum absolute atomic E-state index is 12.2. The lowest BCUT2D eigenvalue weighted by Gasteiger charge is -2.12. The summed E-state index contributed by atoms with van der Waals surface area (Å²) in [5.41, 5.74) is 1.04. The summed E-state index contributed by atoms with van der Waals surface area (Å²) in [6, 6.07) is 6.77. The van der Waals surface area contributed by atoms with Gasteiger partial charge in [-0.15, -0.1) is 11.3 Å². The zero-order valence-electron chi connectivity index (χ0n) is 16.3. The molecule has 28 heavy (non-hydrogen) atoms. The third-order valence-corrected chi connectivity index (χ3v) is 4.91. The maximum Gasteiger partial charge on any atom is 0.306 e. The molecule has 0 fully saturated rings. The fourth-order valence-electron chi connectivity index (χ4n) is 2.57. The van der Waals surface area contributed by atoms with Crippen molar-refractivity contribution in [3.8, 4) is 11.5 Å². The number of hydrogen-bond donors (Lipinski definition) is 1. The van der Waals surface area contributed by atoms with Crippen LogP contribution >= 0.6 is 11.3 Å². The highest BCUT2D eigenvalue weighted by Gasteiger charge is 2.16. The number of carbonyl (C=O) groups is 3. The number of esters is 1. The molecule has 1 N–H and O–H groups in total. The molecular weight excluding hydrogens is 382 g/mol. The minimum atomic E-state index is -0.606. The largest absolute Gasteiger partial charge is 0.497 e. The van der Waals surface area contributed by atoms with Gasteiger partial charge in [0.15, 0.2) is 12.4 Å². The van der Waals surface area contributed by atoms with Crippen molar-refractivity contribution in [2.45, 2.75) is 26.7 Å². The van der Waals surface area contributed by atoms with Crippen molar-refractivity contribution in [2.75, 3.05) is 26.1 Å². The highest BCUT2D eigenvalue weighted by Crippen LogP contribution is 2.28. The molecule has 0 aliphatic rings. The molecule has 0 aliphatic carbocycles. The lowest BCUT2D eigenvalue weighted by atomic mass is 10.1. The smallest absolute Gasteiger partial charge is 0.306 e. The van der Waals surface area contributed by atoms with E-state index in [9.17, 15) is 14.4 Å². The Morgan fingerprint density at radius 1 is 1.04 bits per heavy atom. The van der Waals surface area contributed by atoms with Crippen LogP contribution in [-0.2, 0) is 14.3 Å². The van der Waals surface area contributed by atoms with Gasteiger partial charge in [0, 0.05) is 27.8 Å². The van der Waals surface area contributed by atoms with Crippen LogP contribution in [-0.4, -0.2) is 38.5 Å².